The van der Waals surface area contributed by atoms with Gasteiger partial charge in [0.05, 0.1) is 0 Å². The molecular formula is C15H18S. The summed E-state index contributed by atoms with van der Waals surface area (Å²) in [6.07, 6.45) is 7.26. The number of hydrogen-bond acceptors (Lipinski definition) is 1. The highest BCUT2D eigenvalue weighted by Crippen LogP contribution is 2.19. The predicted molar refractivity (Wildman–Crippen MR) is 75.1 cm³/mol. The minimum absolute atomic E-state index is 0.528. The van der Waals surface area contributed by atoms with Crippen molar-refractivity contribution >= 4 is 17.1 Å². The Bertz CT molecular complexity index is 422. The summed E-state index contributed by atoms with van der Waals surface area (Å²) in [5.74, 6) is 3.26. The van der Waals surface area contributed by atoms with Gasteiger partial charge in [-0.3, -0.25) is 0 Å². The lowest BCUT2D eigenvalue weighted by molar-refractivity contribution is 0.864. The van der Waals surface area contributed by atoms with Crippen LogP contribution in [-0.4, -0.2) is 4.86 Å². The van der Waals surface area contributed by atoms with E-state index in [0.717, 1.165) is 23.3 Å². The van der Waals surface area contributed by atoms with Crippen LogP contribution in [0.1, 0.15) is 49.8 Å². The molecule has 0 aliphatic rings. The quantitative estimate of drug-likeness (QED) is 0.554. The summed E-state index contributed by atoms with van der Waals surface area (Å²) in [7, 11) is 0. The fraction of sp³-hybridized carbons (Fsp3) is 0.400. The molecular weight excluding hydrogens is 212 g/mol. The zero-order valence-corrected chi connectivity index (χ0v) is 11.0. The Balaban J connectivity index is 3.08. The summed E-state index contributed by atoms with van der Waals surface area (Å²) in [4.78, 5) is 1.07. The van der Waals surface area contributed by atoms with Crippen LogP contribution < -0.4 is 0 Å². The van der Waals surface area contributed by atoms with Crippen molar-refractivity contribution in [2.24, 2.45) is 0 Å². The van der Waals surface area contributed by atoms with Crippen LogP contribution in [0.25, 0.3) is 0 Å². The van der Waals surface area contributed by atoms with Crippen molar-refractivity contribution in [3.05, 3.63) is 34.9 Å². The van der Waals surface area contributed by atoms with Crippen molar-refractivity contribution in [2.75, 3.05) is 0 Å². The molecule has 0 nitrogen and oxygen atoms in total. The molecule has 0 saturated heterocycles. The topological polar surface area (TPSA) is 0 Å². The molecule has 1 aromatic carbocycles. The van der Waals surface area contributed by atoms with Gasteiger partial charge in [-0.2, -0.15) is 0 Å². The first-order chi connectivity index (χ1) is 7.58. The Labute approximate surface area is 104 Å². The Morgan fingerprint density at radius 2 is 2.12 bits per heavy atom. The molecule has 0 saturated carbocycles. The third-order valence-electron chi connectivity index (χ3n) is 2.73. The Hall–Kier alpha value is -1.13. The highest BCUT2D eigenvalue weighted by Gasteiger charge is 2.06. The molecule has 0 atom stereocenters. The summed E-state index contributed by atoms with van der Waals surface area (Å²) in [5.41, 5.74) is 3.49. The van der Waals surface area contributed by atoms with Gasteiger partial charge in [0.2, 0.25) is 0 Å². The number of rotatable bonds is 4. The summed E-state index contributed by atoms with van der Waals surface area (Å²) in [6.45, 7) is 6.46. The predicted octanol–water partition coefficient (Wildman–Crippen LogP) is 4.11. The number of thiocarbonyl (C=S) groups is 1. The van der Waals surface area contributed by atoms with E-state index >= 15 is 0 Å². The molecule has 1 aromatic rings. The fourth-order valence-corrected chi connectivity index (χ4v) is 1.75. The molecule has 0 spiro atoms. The number of hydrogen-bond donors (Lipinski definition) is 0. The minimum Gasteiger partial charge on any atom is -0.115 e. The molecule has 16 heavy (non-hydrogen) atoms. The van der Waals surface area contributed by atoms with Crippen LogP contribution >= 0.6 is 12.2 Å². The van der Waals surface area contributed by atoms with Gasteiger partial charge in [0, 0.05) is 12.0 Å². The molecule has 0 radical (unpaired) electrons. The minimum atomic E-state index is 0.528. The van der Waals surface area contributed by atoms with E-state index in [4.69, 9.17) is 18.6 Å². The van der Waals surface area contributed by atoms with Crippen LogP contribution in [-0.2, 0) is 6.42 Å². The van der Waals surface area contributed by atoms with E-state index in [9.17, 15) is 0 Å². The summed E-state index contributed by atoms with van der Waals surface area (Å²) < 4.78 is 0. The molecule has 0 aromatic heterocycles. The second kappa shape index (κ2) is 5.82. The normalized spacial score (nSPS) is 10.2. The molecule has 0 aliphatic heterocycles. The first kappa shape index (κ1) is 12.9. The van der Waals surface area contributed by atoms with Crippen LogP contribution in [0, 0.1) is 12.3 Å². The molecule has 0 fully saturated rings. The van der Waals surface area contributed by atoms with Crippen molar-refractivity contribution in [2.45, 2.75) is 39.5 Å². The summed E-state index contributed by atoms with van der Waals surface area (Å²) >= 11 is 5.29. The van der Waals surface area contributed by atoms with Crippen LogP contribution in [0.5, 0.6) is 0 Å². The Kier molecular flexibility index (Phi) is 4.71. The Morgan fingerprint density at radius 1 is 1.44 bits per heavy atom. The lowest BCUT2D eigenvalue weighted by Gasteiger charge is -2.10. The zero-order valence-electron chi connectivity index (χ0n) is 10.2. The van der Waals surface area contributed by atoms with Crippen molar-refractivity contribution in [1.82, 2.24) is 0 Å². The van der Waals surface area contributed by atoms with Gasteiger partial charge in [0.25, 0.3) is 0 Å². The van der Waals surface area contributed by atoms with Gasteiger partial charge < -0.3 is 0 Å². The first-order valence-electron chi connectivity index (χ1n) is 5.69. The molecule has 0 amide bonds. The van der Waals surface area contributed by atoms with Crippen molar-refractivity contribution in [1.29, 1.82) is 0 Å². The van der Waals surface area contributed by atoms with Gasteiger partial charge in [-0.05, 0) is 34.4 Å². The van der Waals surface area contributed by atoms with E-state index in [1.165, 1.54) is 11.1 Å². The average Bonchev–Trinajstić information content (AvgIpc) is 2.28. The maximum atomic E-state index is 5.50. The highest BCUT2D eigenvalue weighted by atomic mass is 32.1. The molecule has 1 heteroatoms. The molecule has 1 rings (SSSR count). The number of terminal acetylenes is 1. The van der Waals surface area contributed by atoms with Crippen molar-refractivity contribution < 1.29 is 0 Å². The number of benzene rings is 1. The van der Waals surface area contributed by atoms with Gasteiger partial charge >= 0.3 is 0 Å². The third kappa shape index (κ3) is 3.18. The van der Waals surface area contributed by atoms with Gasteiger partial charge in [-0.15, -0.1) is 6.42 Å². The van der Waals surface area contributed by atoms with Gasteiger partial charge in [0.15, 0.2) is 0 Å². The average molecular weight is 230 g/mol. The second-order valence-corrected chi connectivity index (χ2v) is 4.86. The van der Waals surface area contributed by atoms with Crippen molar-refractivity contribution in [3.63, 3.8) is 0 Å². The van der Waals surface area contributed by atoms with Crippen molar-refractivity contribution in [3.8, 4) is 12.3 Å². The lowest BCUT2D eigenvalue weighted by atomic mass is 9.95. The fourth-order valence-electron chi connectivity index (χ4n) is 1.60. The standard InChI is InChI=1S/C15H18S/c1-5-12-7-8-13(11(3)4)9-14(12)10-15(16)6-2/h1,7-9,11H,6,10H2,2-4H3. The highest BCUT2D eigenvalue weighted by molar-refractivity contribution is 7.80. The Morgan fingerprint density at radius 3 is 2.62 bits per heavy atom. The molecule has 0 N–H and O–H groups in total. The smallest absolute Gasteiger partial charge is 0.0278 e. The molecule has 0 unspecified atom stereocenters. The van der Waals surface area contributed by atoms with Crippen LogP contribution in [0.2, 0.25) is 0 Å². The van der Waals surface area contributed by atoms with Gasteiger partial charge in [-0.1, -0.05) is 51.0 Å². The molecule has 0 aliphatic carbocycles. The van der Waals surface area contributed by atoms with Gasteiger partial charge in [0.1, 0.15) is 0 Å². The maximum absolute atomic E-state index is 5.50. The lowest BCUT2D eigenvalue weighted by Crippen LogP contribution is -2.02. The van der Waals surface area contributed by atoms with E-state index in [2.05, 4.69) is 38.8 Å². The maximum Gasteiger partial charge on any atom is 0.0278 e. The van der Waals surface area contributed by atoms with E-state index in [-0.39, 0.29) is 0 Å². The molecule has 0 heterocycles. The molecule has 0 bridgehead atoms. The van der Waals surface area contributed by atoms with E-state index in [1.54, 1.807) is 0 Å². The second-order valence-electron chi connectivity index (χ2n) is 4.28. The van der Waals surface area contributed by atoms with Crippen LogP contribution in [0.15, 0.2) is 18.2 Å². The van der Waals surface area contributed by atoms with E-state index in [0.29, 0.717) is 5.92 Å². The monoisotopic (exact) mass is 230 g/mol. The molecule has 84 valence electrons. The summed E-state index contributed by atoms with van der Waals surface area (Å²) in [5, 5.41) is 0. The zero-order chi connectivity index (χ0) is 12.1. The van der Waals surface area contributed by atoms with Gasteiger partial charge in [-0.25, -0.2) is 0 Å². The van der Waals surface area contributed by atoms with E-state index < -0.39 is 0 Å². The van der Waals surface area contributed by atoms with Crippen LogP contribution in [0.4, 0.5) is 0 Å². The third-order valence-corrected chi connectivity index (χ3v) is 3.17. The first-order valence-corrected chi connectivity index (χ1v) is 6.10. The largest absolute Gasteiger partial charge is 0.115 e. The van der Waals surface area contributed by atoms with E-state index in [1.807, 2.05) is 6.07 Å². The van der Waals surface area contributed by atoms with Crippen LogP contribution in [0.3, 0.4) is 0 Å². The SMILES string of the molecule is C#Cc1ccc(C(C)C)cc1CC(=S)CC. The summed E-state index contributed by atoms with van der Waals surface area (Å²) in [6, 6.07) is 6.34.